The van der Waals surface area contributed by atoms with Gasteiger partial charge in [0.15, 0.2) is 0 Å². The Hall–Kier alpha value is -2.76. The van der Waals surface area contributed by atoms with Crippen molar-refractivity contribution in [2.45, 2.75) is 0 Å². The van der Waals surface area contributed by atoms with Crippen LogP contribution in [-0.4, -0.2) is 24.5 Å². The van der Waals surface area contributed by atoms with Crippen LogP contribution >= 0.6 is 0 Å². The number of fused-ring (bicyclic) bond motifs is 1. The Balaban J connectivity index is 2.08. The number of methoxy groups -OCH3 is 1. The highest BCUT2D eigenvalue weighted by Gasteiger charge is 2.24. The van der Waals surface area contributed by atoms with E-state index in [0.717, 1.165) is 11.4 Å². The van der Waals surface area contributed by atoms with Crippen LogP contribution in [0.5, 0.6) is 5.88 Å². The minimum absolute atomic E-state index is 0.0821. The topological polar surface area (TPSA) is 80.5 Å². The third-order valence-electron chi connectivity index (χ3n) is 3.12. The molecule has 0 saturated heterocycles. The van der Waals surface area contributed by atoms with E-state index in [4.69, 9.17) is 10.5 Å². The smallest absolute Gasteiger partial charge is 0.244 e. The van der Waals surface area contributed by atoms with Gasteiger partial charge in [-0.25, -0.2) is 0 Å². The zero-order chi connectivity index (χ0) is 14.1. The molecule has 0 radical (unpaired) electrons. The second-order valence-corrected chi connectivity index (χ2v) is 4.42. The van der Waals surface area contributed by atoms with Crippen LogP contribution in [0.25, 0.3) is 0 Å². The van der Waals surface area contributed by atoms with E-state index in [1.807, 2.05) is 29.2 Å². The van der Waals surface area contributed by atoms with Gasteiger partial charge in [-0.15, -0.1) is 0 Å². The van der Waals surface area contributed by atoms with E-state index in [0.29, 0.717) is 17.4 Å². The van der Waals surface area contributed by atoms with Crippen molar-refractivity contribution in [2.24, 2.45) is 0 Å². The first-order valence-corrected chi connectivity index (χ1v) is 6.16. The van der Waals surface area contributed by atoms with Gasteiger partial charge < -0.3 is 20.7 Å². The van der Waals surface area contributed by atoms with Crippen LogP contribution in [0.2, 0.25) is 0 Å². The molecule has 0 fully saturated rings. The van der Waals surface area contributed by atoms with E-state index in [-0.39, 0.29) is 12.5 Å². The molecule has 1 aromatic carbocycles. The molecule has 0 aliphatic carbocycles. The molecule has 2 aromatic rings. The van der Waals surface area contributed by atoms with Gasteiger partial charge in [0.25, 0.3) is 0 Å². The summed E-state index contributed by atoms with van der Waals surface area (Å²) in [6, 6.07) is 11.1. The van der Waals surface area contributed by atoms with Gasteiger partial charge in [0.05, 0.1) is 24.2 Å². The number of amides is 1. The minimum Gasteiger partial charge on any atom is -0.479 e. The molecule has 3 N–H and O–H groups in total. The van der Waals surface area contributed by atoms with E-state index >= 15 is 0 Å². The quantitative estimate of drug-likeness (QED) is 0.869. The fourth-order valence-corrected chi connectivity index (χ4v) is 2.19. The number of benzene rings is 1. The van der Waals surface area contributed by atoms with Gasteiger partial charge >= 0.3 is 0 Å². The van der Waals surface area contributed by atoms with Gasteiger partial charge in [-0.3, -0.25) is 4.79 Å². The molecule has 6 heteroatoms. The van der Waals surface area contributed by atoms with Crippen LogP contribution in [0.1, 0.15) is 0 Å². The van der Waals surface area contributed by atoms with Crippen LogP contribution in [0.3, 0.4) is 0 Å². The zero-order valence-corrected chi connectivity index (χ0v) is 11.0. The number of anilines is 4. The van der Waals surface area contributed by atoms with Crippen molar-refractivity contribution in [1.82, 2.24) is 4.98 Å². The summed E-state index contributed by atoms with van der Waals surface area (Å²) >= 11 is 0. The first-order chi connectivity index (χ1) is 9.69. The van der Waals surface area contributed by atoms with Crippen molar-refractivity contribution in [2.75, 3.05) is 29.6 Å². The third kappa shape index (κ3) is 2.01. The Morgan fingerprint density at radius 2 is 2.10 bits per heavy atom. The van der Waals surface area contributed by atoms with Gasteiger partial charge in [0.1, 0.15) is 12.4 Å². The predicted octanol–water partition coefficient (Wildman–Crippen LogP) is 1.76. The molecule has 0 bridgehead atoms. The van der Waals surface area contributed by atoms with Crippen LogP contribution in [0, 0.1) is 0 Å². The summed E-state index contributed by atoms with van der Waals surface area (Å²) in [5, 5.41) is 2.84. The van der Waals surface area contributed by atoms with Crippen molar-refractivity contribution in [3.63, 3.8) is 0 Å². The third-order valence-corrected chi connectivity index (χ3v) is 3.12. The lowest BCUT2D eigenvalue weighted by atomic mass is 10.2. The largest absolute Gasteiger partial charge is 0.479 e. The normalized spacial score (nSPS) is 13.7. The Morgan fingerprint density at radius 1 is 1.30 bits per heavy atom. The Morgan fingerprint density at radius 3 is 2.90 bits per heavy atom. The van der Waals surface area contributed by atoms with E-state index in [1.54, 1.807) is 12.1 Å². The molecule has 1 aliphatic rings. The standard InChI is InChI=1S/C14H14N4O2/c1-20-14-9(15)6-7-12(17-14)18-8-13(19)16-10-4-2-3-5-11(10)18/h2-7H,8,15H2,1H3,(H,16,19). The van der Waals surface area contributed by atoms with Crippen molar-refractivity contribution in [1.29, 1.82) is 0 Å². The molecular formula is C14H14N4O2. The maximum absolute atomic E-state index is 11.8. The van der Waals surface area contributed by atoms with Gasteiger partial charge in [0.2, 0.25) is 11.8 Å². The Labute approximate surface area is 116 Å². The molecule has 2 heterocycles. The van der Waals surface area contributed by atoms with Gasteiger partial charge in [-0.2, -0.15) is 4.98 Å². The van der Waals surface area contributed by atoms with Crippen LogP contribution in [-0.2, 0) is 4.79 Å². The second kappa shape index (κ2) is 4.73. The number of pyridine rings is 1. The lowest BCUT2D eigenvalue weighted by Crippen LogP contribution is -2.35. The number of nitrogens with two attached hydrogens (primary N) is 1. The molecule has 1 aliphatic heterocycles. The molecule has 0 unspecified atom stereocenters. The SMILES string of the molecule is COc1nc(N2CC(=O)Nc3ccccc32)ccc1N. The maximum Gasteiger partial charge on any atom is 0.244 e. The van der Waals surface area contributed by atoms with E-state index in [9.17, 15) is 4.79 Å². The molecule has 0 atom stereocenters. The zero-order valence-electron chi connectivity index (χ0n) is 11.0. The average Bonchev–Trinajstić information content (AvgIpc) is 2.47. The summed E-state index contributed by atoms with van der Waals surface area (Å²) < 4.78 is 5.13. The number of rotatable bonds is 2. The highest BCUT2D eigenvalue weighted by atomic mass is 16.5. The molecule has 6 nitrogen and oxygen atoms in total. The van der Waals surface area contributed by atoms with Crippen molar-refractivity contribution >= 4 is 28.8 Å². The molecule has 20 heavy (non-hydrogen) atoms. The predicted molar refractivity (Wildman–Crippen MR) is 77.3 cm³/mol. The number of hydrogen-bond acceptors (Lipinski definition) is 5. The van der Waals surface area contributed by atoms with Crippen LogP contribution in [0.4, 0.5) is 22.9 Å². The maximum atomic E-state index is 11.8. The van der Waals surface area contributed by atoms with Gasteiger partial charge in [-0.05, 0) is 24.3 Å². The number of carbonyl (C=O) groups is 1. The van der Waals surface area contributed by atoms with E-state index in [1.165, 1.54) is 7.11 Å². The number of carbonyl (C=O) groups excluding carboxylic acids is 1. The number of nitrogens with one attached hydrogen (secondary N) is 1. The highest BCUT2D eigenvalue weighted by molar-refractivity contribution is 6.02. The number of nitrogen functional groups attached to an aromatic ring is 1. The lowest BCUT2D eigenvalue weighted by Gasteiger charge is -2.30. The number of ether oxygens (including phenoxy) is 1. The van der Waals surface area contributed by atoms with Crippen molar-refractivity contribution in [3.05, 3.63) is 36.4 Å². The van der Waals surface area contributed by atoms with Crippen molar-refractivity contribution in [3.8, 4) is 5.88 Å². The molecule has 0 saturated carbocycles. The lowest BCUT2D eigenvalue weighted by molar-refractivity contribution is -0.115. The summed E-state index contributed by atoms with van der Waals surface area (Å²) in [7, 11) is 1.51. The summed E-state index contributed by atoms with van der Waals surface area (Å²) in [6.07, 6.45) is 0. The summed E-state index contributed by atoms with van der Waals surface area (Å²) in [4.78, 5) is 18.0. The highest BCUT2D eigenvalue weighted by Crippen LogP contribution is 2.35. The Bertz CT molecular complexity index is 672. The van der Waals surface area contributed by atoms with Crippen LogP contribution in [0.15, 0.2) is 36.4 Å². The second-order valence-electron chi connectivity index (χ2n) is 4.42. The monoisotopic (exact) mass is 270 g/mol. The molecule has 1 aromatic heterocycles. The minimum atomic E-state index is -0.0821. The number of aromatic nitrogens is 1. The summed E-state index contributed by atoms with van der Waals surface area (Å²) in [6.45, 7) is 0.205. The van der Waals surface area contributed by atoms with Crippen molar-refractivity contribution < 1.29 is 9.53 Å². The molecule has 3 rings (SSSR count). The van der Waals surface area contributed by atoms with E-state index < -0.39 is 0 Å². The van der Waals surface area contributed by atoms with Gasteiger partial charge in [0, 0.05) is 0 Å². The number of para-hydroxylation sites is 2. The first-order valence-electron chi connectivity index (χ1n) is 6.16. The fraction of sp³-hybridized carbons (Fsp3) is 0.143. The number of nitrogens with zero attached hydrogens (tertiary/aromatic N) is 2. The Kier molecular flexibility index (Phi) is 2.90. The fourth-order valence-electron chi connectivity index (χ4n) is 2.19. The molecule has 0 spiro atoms. The van der Waals surface area contributed by atoms with Gasteiger partial charge in [-0.1, -0.05) is 12.1 Å². The summed E-state index contributed by atoms with van der Waals surface area (Å²) in [5.74, 6) is 0.894. The molecule has 102 valence electrons. The van der Waals surface area contributed by atoms with Crippen LogP contribution < -0.4 is 20.7 Å². The molecular weight excluding hydrogens is 256 g/mol. The average molecular weight is 270 g/mol. The summed E-state index contributed by atoms with van der Waals surface area (Å²) in [5.41, 5.74) is 7.89. The first kappa shape index (κ1) is 12.3. The van der Waals surface area contributed by atoms with E-state index in [2.05, 4.69) is 10.3 Å². The molecule has 1 amide bonds. The number of hydrogen-bond donors (Lipinski definition) is 2.